The van der Waals surface area contributed by atoms with Gasteiger partial charge >= 0.3 is 0 Å². The largest absolute Gasteiger partial charge is 0.361 e. The Morgan fingerprint density at radius 2 is 1.83 bits per heavy atom. The van der Waals surface area contributed by atoms with Crippen LogP contribution in [-0.2, 0) is 17.8 Å². The molecule has 0 aliphatic rings. The van der Waals surface area contributed by atoms with Crippen molar-refractivity contribution < 1.29 is 4.79 Å². The first kappa shape index (κ1) is 20.5. The fourth-order valence-electron chi connectivity index (χ4n) is 3.33. The third-order valence-corrected chi connectivity index (χ3v) is 4.94. The van der Waals surface area contributed by atoms with Crippen molar-refractivity contribution in [1.29, 1.82) is 0 Å². The minimum absolute atomic E-state index is 0.0518. The molecule has 0 aliphatic carbocycles. The van der Waals surface area contributed by atoms with E-state index >= 15 is 0 Å². The van der Waals surface area contributed by atoms with Crippen LogP contribution >= 0.6 is 0 Å². The van der Waals surface area contributed by atoms with E-state index in [-0.39, 0.29) is 12.5 Å². The monoisotopic (exact) mass is 391 g/mol. The van der Waals surface area contributed by atoms with Gasteiger partial charge in [0.2, 0.25) is 5.91 Å². The standard InChI is InChI=1S/C23H29N5O/c1-3-28(17-18-9-5-4-6-10-18)22(29)16-27-23(24-2)25-14-13-19-15-26-21-12-8-7-11-20(19)21/h4-12,15,26H,3,13-14,16-17H2,1-2H3,(H2,24,25,27). The quantitative estimate of drug-likeness (QED) is 0.408. The van der Waals surface area contributed by atoms with Crippen LogP contribution in [0.25, 0.3) is 10.9 Å². The fraction of sp³-hybridized carbons (Fsp3) is 0.304. The molecule has 0 radical (unpaired) electrons. The highest BCUT2D eigenvalue weighted by Gasteiger charge is 2.12. The van der Waals surface area contributed by atoms with E-state index in [0.717, 1.165) is 24.0 Å². The van der Waals surface area contributed by atoms with Gasteiger partial charge in [-0.05, 0) is 30.5 Å². The summed E-state index contributed by atoms with van der Waals surface area (Å²) >= 11 is 0. The molecule has 2 aromatic carbocycles. The molecule has 0 saturated carbocycles. The number of aromatic amines is 1. The van der Waals surface area contributed by atoms with Gasteiger partial charge in [-0.1, -0.05) is 48.5 Å². The minimum atomic E-state index is 0.0518. The van der Waals surface area contributed by atoms with Gasteiger partial charge < -0.3 is 20.5 Å². The average molecular weight is 392 g/mol. The summed E-state index contributed by atoms with van der Waals surface area (Å²) in [5.74, 6) is 0.685. The molecule has 152 valence electrons. The van der Waals surface area contributed by atoms with Crippen LogP contribution in [0.5, 0.6) is 0 Å². The van der Waals surface area contributed by atoms with Crippen LogP contribution < -0.4 is 10.6 Å². The zero-order chi connectivity index (χ0) is 20.5. The van der Waals surface area contributed by atoms with E-state index in [1.54, 1.807) is 7.05 Å². The van der Waals surface area contributed by atoms with Crippen LogP contribution in [0.1, 0.15) is 18.1 Å². The molecule has 0 fully saturated rings. The minimum Gasteiger partial charge on any atom is -0.361 e. The molecule has 1 aromatic heterocycles. The molecule has 0 atom stereocenters. The molecule has 1 amide bonds. The fourth-order valence-corrected chi connectivity index (χ4v) is 3.33. The molecule has 29 heavy (non-hydrogen) atoms. The number of hydrogen-bond acceptors (Lipinski definition) is 2. The number of carbonyl (C=O) groups is 1. The molecular weight excluding hydrogens is 362 g/mol. The third-order valence-electron chi connectivity index (χ3n) is 4.94. The van der Waals surface area contributed by atoms with Gasteiger partial charge in [-0.3, -0.25) is 9.79 Å². The molecule has 0 unspecified atom stereocenters. The van der Waals surface area contributed by atoms with Crippen molar-refractivity contribution in [2.45, 2.75) is 19.9 Å². The van der Waals surface area contributed by atoms with Crippen molar-refractivity contribution in [3.8, 4) is 0 Å². The topological polar surface area (TPSA) is 72.5 Å². The van der Waals surface area contributed by atoms with Crippen LogP contribution in [0.15, 0.2) is 65.8 Å². The van der Waals surface area contributed by atoms with Crippen LogP contribution in [0.2, 0.25) is 0 Å². The molecule has 0 spiro atoms. The van der Waals surface area contributed by atoms with E-state index in [1.165, 1.54) is 10.9 Å². The Labute approximate surface area is 172 Å². The Bertz CT molecular complexity index is 948. The Morgan fingerprint density at radius 3 is 2.59 bits per heavy atom. The van der Waals surface area contributed by atoms with Crippen molar-refractivity contribution >= 4 is 22.8 Å². The highest BCUT2D eigenvalue weighted by molar-refractivity contribution is 5.86. The molecule has 3 rings (SSSR count). The van der Waals surface area contributed by atoms with Gasteiger partial charge in [0.05, 0.1) is 6.54 Å². The normalized spacial score (nSPS) is 11.4. The Balaban J connectivity index is 1.46. The van der Waals surface area contributed by atoms with Gasteiger partial charge in [-0.2, -0.15) is 0 Å². The first-order valence-corrected chi connectivity index (χ1v) is 10.0. The highest BCUT2D eigenvalue weighted by atomic mass is 16.2. The molecule has 3 aromatic rings. The number of hydrogen-bond donors (Lipinski definition) is 3. The number of para-hydroxylation sites is 1. The maximum atomic E-state index is 12.6. The number of nitrogens with zero attached hydrogens (tertiary/aromatic N) is 2. The first-order chi connectivity index (χ1) is 14.2. The van der Waals surface area contributed by atoms with Crippen molar-refractivity contribution in [2.75, 3.05) is 26.7 Å². The highest BCUT2D eigenvalue weighted by Crippen LogP contribution is 2.17. The molecule has 0 aliphatic heterocycles. The molecule has 3 N–H and O–H groups in total. The van der Waals surface area contributed by atoms with E-state index < -0.39 is 0 Å². The van der Waals surface area contributed by atoms with E-state index in [0.29, 0.717) is 19.0 Å². The lowest BCUT2D eigenvalue weighted by Crippen LogP contribution is -2.44. The summed E-state index contributed by atoms with van der Waals surface area (Å²) in [5.41, 5.74) is 3.54. The van der Waals surface area contributed by atoms with Crippen molar-refractivity contribution in [3.05, 3.63) is 71.9 Å². The summed E-state index contributed by atoms with van der Waals surface area (Å²) in [6, 6.07) is 18.3. The number of guanidine groups is 1. The number of aromatic nitrogens is 1. The summed E-state index contributed by atoms with van der Waals surface area (Å²) in [7, 11) is 1.72. The van der Waals surface area contributed by atoms with E-state index in [1.807, 2.05) is 54.3 Å². The van der Waals surface area contributed by atoms with Crippen molar-refractivity contribution in [1.82, 2.24) is 20.5 Å². The lowest BCUT2D eigenvalue weighted by Gasteiger charge is -2.22. The van der Waals surface area contributed by atoms with Crippen LogP contribution in [0.4, 0.5) is 0 Å². The second kappa shape index (κ2) is 10.3. The number of carbonyl (C=O) groups excluding carboxylic acids is 1. The maximum Gasteiger partial charge on any atom is 0.242 e. The number of nitrogens with one attached hydrogen (secondary N) is 3. The lowest BCUT2D eigenvalue weighted by atomic mass is 10.1. The molecule has 6 nitrogen and oxygen atoms in total. The van der Waals surface area contributed by atoms with Gasteiger partial charge in [-0.25, -0.2) is 0 Å². The molecule has 0 saturated heterocycles. The second-order valence-corrected chi connectivity index (χ2v) is 6.86. The number of rotatable bonds is 8. The number of fused-ring (bicyclic) bond motifs is 1. The summed E-state index contributed by atoms with van der Waals surface area (Å²) in [6.45, 7) is 4.23. The maximum absolute atomic E-state index is 12.6. The zero-order valence-electron chi connectivity index (χ0n) is 17.1. The zero-order valence-corrected chi connectivity index (χ0v) is 17.1. The number of benzene rings is 2. The Kier molecular flexibility index (Phi) is 7.28. The summed E-state index contributed by atoms with van der Waals surface area (Å²) in [5, 5.41) is 7.66. The number of likely N-dealkylation sites (N-methyl/N-ethyl adjacent to an activating group) is 1. The van der Waals surface area contributed by atoms with Gasteiger partial charge in [0.25, 0.3) is 0 Å². The third kappa shape index (κ3) is 5.60. The van der Waals surface area contributed by atoms with Gasteiger partial charge in [0, 0.05) is 43.8 Å². The lowest BCUT2D eigenvalue weighted by molar-refractivity contribution is -0.130. The molecular formula is C23H29N5O. The number of amides is 1. The molecule has 6 heteroatoms. The smallest absolute Gasteiger partial charge is 0.242 e. The van der Waals surface area contributed by atoms with Crippen LogP contribution in [-0.4, -0.2) is 48.4 Å². The predicted octanol–water partition coefficient (Wildman–Crippen LogP) is 2.92. The summed E-state index contributed by atoms with van der Waals surface area (Å²) in [4.78, 5) is 21.9. The van der Waals surface area contributed by atoms with Crippen molar-refractivity contribution in [3.63, 3.8) is 0 Å². The van der Waals surface area contributed by atoms with Crippen LogP contribution in [0, 0.1) is 0 Å². The van der Waals surface area contributed by atoms with E-state index in [4.69, 9.17) is 0 Å². The Hall–Kier alpha value is -3.28. The predicted molar refractivity (Wildman–Crippen MR) is 119 cm³/mol. The van der Waals surface area contributed by atoms with Gasteiger partial charge in [-0.15, -0.1) is 0 Å². The average Bonchev–Trinajstić information content (AvgIpc) is 3.18. The van der Waals surface area contributed by atoms with Gasteiger partial charge in [0.1, 0.15) is 0 Å². The van der Waals surface area contributed by atoms with E-state index in [2.05, 4.69) is 38.9 Å². The van der Waals surface area contributed by atoms with Gasteiger partial charge in [0.15, 0.2) is 5.96 Å². The SMILES string of the molecule is CCN(Cc1ccccc1)C(=O)CNC(=NC)NCCc1c[nH]c2ccccc12. The summed E-state index contributed by atoms with van der Waals surface area (Å²) < 4.78 is 0. The number of aliphatic imine (C=N–C) groups is 1. The van der Waals surface area contributed by atoms with E-state index in [9.17, 15) is 4.79 Å². The van der Waals surface area contributed by atoms with Crippen LogP contribution in [0.3, 0.4) is 0 Å². The molecule has 0 bridgehead atoms. The summed E-state index contributed by atoms with van der Waals surface area (Å²) in [6.07, 6.45) is 2.92. The first-order valence-electron chi connectivity index (χ1n) is 10.0. The van der Waals surface area contributed by atoms with Crippen molar-refractivity contribution in [2.24, 2.45) is 4.99 Å². The molecule has 1 heterocycles. The Morgan fingerprint density at radius 1 is 1.07 bits per heavy atom. The number of H-pyrrole nitrogens is 1. The second-order valence-electron chi connectivity index (χ2n) is 6.86.